The van der Waals surface area contributed by atoms with E-state index in [0.717, 1.165) is 21.8 Å². The molecule has 0 amide bonds. The van der Waals surface area contributed by atoms with Crippen LogP contribution in [-0.4, -0.2) is 23.2 Å². The first-order valence-corrected chi connectivity index (χ1v) is 6.29. The Hall–Kier alpha value is -1.88. The first-order valence-electron chi connectivity index (χ1n) is 5.41. The van der Waals surface area contributed by atoms with Crippen molar-refractivity contribution in [1.82, 2.24) is 4.98 Å². The van der Waals surface area contributed by atoms with Crippen molar-refractivity contribution in [3.05, 3.63) is 34.2 Å². The van der Waals surface area contributed by atoms with E-state index < -0.39 is 5.97 Å². The number of aromatic nitrogens is 1. The summed E-state index contributed by atoms with van der Waals surface area (Å²) < 4.78 is 5.29. The standard InChI is InChI=1S/C13H13NO3S/c1-8-14-11(7-18-8)10-5-9(6-13(15)16)3-4-12(10)17-2/h3-5,7H,6H2,1-2H3,(H,15,16). The molecule has 0 radical (unpaired) electrons. The molecule has 0 fully saturated rings. The second kappa shape index (κ2) is 5.18. The average Bonchev–Trinajstić information content (AvgIpc) is 2.75. The van der Waals surface area contributed by atoms with Crippen molar-refractivity contribution in [2.45, 2.75) is 13.3 Å². The van der Waals surface area contributed by atoms with Crippen molar-refractivity contribution in [2.24, 2.45) is 0 Å². The van der Waals surface area contributed by atoms with E-state index in [1.807, 2.05) is 18.4 Å². The Morgan fingerprint density at radius 2 is 2.28 bits per heavy atom. The van der Waals surface area contributed by atoms with Crippen LogP contribution < -0.4 is 4.74 Å². The van der Waals surface area contributed by atoms with Crippen LogP contribution >= 0.6 is 11.3 Å². The number of carbonyl (C=O) groups is 1. The van der Waals surface area contributed by atoms with Crippen LogP contribution in [0.4, 0.5) is 0 Å². The number of aryl methyl sites for hydroxylation is 1. The number of nitrogens with zero attached hydrogens (tertiary/aromatic N) is 1. The van der Waals surface area contributed by atoms with E-state index in [9.17, 15) is 4.79 Å². The van der Waals surface area contributed by atoms with Crippen molar-refractivity contribution >= 4 is 17.3 Å². The number of carboxylic acids is 1. The first-order chi connectivity index (χ1) is 8.60. The fraction of sp³-hybridized carbons (Fsp3) is 0.231. The molecule has 0 spiro atoms. The lowest BCUT2D eigenvalue weighted by atomic mass is 10.1. The monoisotopic (exact) mass is 263 g/mol. The number of benzene rings is 1. The zero-order valence-electron chi connectivity index (χ0n) is 10.1. The molecule has 0 saturated heterocycles. The van der Waals surface area contributed by atoms with Crippen LogP contribution in [0.2, 0.25) is 0 Å². The molecule has 1 aromatic heterocycles. The molecule has 5 heteroatoms. The number of methoxy groups -OCH3 is 1. The smallest absolute Gasteiger partial charge is 0.307 e. The predicted octanol–water partition coefficient (Wildman–Crippen LogP) is 2.75. The summed E-state index contributed by atoms with van der Waals surface area (Å²) in [7, 11) is 1.59. The van der Waals surface area contributed by atoms with Crippen molar-refractivity contribution < 1.29 is 14.6 Å². The third-order valence-electron chi connectivity index (χ3n) is 2.51. The second-order valence-electron chi connectivity index (χ2n) is 3.86. The van der Waals surface area contributed by atoms with Gasteiger partial charge in [-0.25, -0.2) is 4.98 Å². The second-order valence-corrected chi connectivity index (χ2v) is 4.92. The van der Waals surface area contributed by atoms with Gasteiger partial charge in [-0.15, -0.1) is 11.3 Å². The number of carboxylic acid groups (broad SMARTS) is 1. The van der Waals surface area contributed by atoms with Gasteiger partial charge >= 0.3 is 5.97 Å². The molecule has 0 saturated carbocycles. The molecule has 2 aromatic rings. The van der Waals surface area contributed by atoms with Gasteiger partial charge in [0, 0.05) is 10.9 Å². The van der Waals surface area contributed by atoms with Crippen molar-refractivity contribution in [1.29, 1.82) is 0 Å². The number of hydrogen-bond donors (Lipinski definition) is 1. The highest BCUT2D eigenvalue weighted by Crippen LogP contribution is 2.31. The van der Waals surface area contributed by atoms with E-state index in [2.05, 4.69) is 4.98 Å². The largest absolute Gasteiger partial charge is 0.496 e. The van der Waals surface area contributed by atoms with Gasteiger partial charge in [-0.3, -0.25) is 4.79 Å². The molecule has 1 aromatic carbocycles. The maximum atomic E-state index is 10.7. The minimum Gasteiger partial charge on any atom is -0.496 e. The highest BCUT2D eigenvalue weighted by Gasteiger charge is 2.11. The molecule has 0 bridgehead atoms. The molecular weight excluding hydrogens is 250 g/mol. The van der Waals surface area contributed by atoms with E-state index in [1.54, 1.807) is 30.6 Å². The molecule has 1 heterocycles. The SMILES string of the molecule is COc1ccc(CC(=O)O)cc1-c1csc(C)n1. The van der Waals surface area contributed by atoms with Crippen molar-refractivity contribution in [3.8, 4) is 17.0 Å². The van der Waals surface area contributed by atoms with E-state index >= 15 is 0 Å². The molecule has 0 aliphatic carbocycles. The Morgan fingerprint density at radius 3 is 2.83 bits per heavy atom. The Bertz CT molecular complexity index is 577. The fourth-order valence-electron chi connectivity index (χ4n) is 1.73. The van der Waals surface area contributed by atoms with Crippen molar-refractivity contribution in [3.63, 3.8) is 0 Å². The zero-order valence-corrected chi connectivity index (χ0v) is 11.0. The molecule has 4 nitrogen and oxygen atoms in total. The summed E-state index contributed by atoms with van der Waals surface area (Å²) in [5.74, 6) is -0.144. The summed E-state index contributed by atoms with van der Waals surface area (Å²) in [5, 5.41) is 11.7. The predicted molar refractivity (Wildman–Crippen MR) is 70.2 cm³/mol. The third-order valence-corrected chi connectivity index (χ3v) is 3.29. The first kappa shape index (κ1) is 12.6. The highest BCUT2D eigenvalue weighted by molar-refractivity contribution is 7.09. The number of aliphatic carboxylic acids is 1. The third kappa shape index (κ3) is 2.68. The minimum absolute atomic E-state index is 0.000113. The molecule has 0 aliphatic rings. The van der Waals surface area contributed by atoms with Gasteiger partial charge in [-0.1, -0.05) is 6.07 Å². The molecular formula is C13H13NO3S. The summed E-state index contributed by atoms with van der Waals surface area (Å²) in [4.78, 5) is 15.1. The maximum absolute atomic E-state index is 10.7. The van der Waals surface area contributed by atoms with Crippen LogP contribution in [0.5, 0.6) is 5.75 Å². The van der Waals surface area contributed by atoms with Gasteiger partial charge < -0.3 is 9.84 Å². The molecule has 0 atom stereocenters. The van der Waals surface area contributed by atoms with E-state index in [-0.39, 0.29) is 6.42 Å². The van der Waals surface area contributed by atoms with E-state index in [4.69, 9.17) is 9.84 Å². The minimum atomic E-state index is -0.847. The van der Waals surface area contributed by atoms with Gasteiger partial charge in [-0.05, 0) is 24.6 Å². The van der Waals surface area contributed by atoms with Gasteiger partial charge in [-0.2, -0.15) is 0 Å². The van der Waals surface area contributed by atoms with Crippen LogP contribution in [0.1, 0.15) is 10.6 Å². The van der Waals surface area contributed by atoms with E-state index in [1.165, 1.54) is 0 Å². The Morgan fingerprint density at radius 1 is 1.50 bits per heavy atom. The van der Waals surface area contributed by atoms with Gasteiger partial charge in [0.15, 0.2) is 0 Å². The molecule has 2 rings (SSSR count). The lowest BCUT2D eigenvalue weighted by molar-refractivity contribution is -0.136. The maximum Gasteiger partial charge on any atom is 0.307 e. The number of hydrogen-bond acceptors (Lipinski definition) is 4. The molecule has 18 heavy (non-hydrogen) atoms. The Kier molecular flexibility index (Phi) is 3.62. The van der Waals surface area contributed by atoms with Crippen LogP contribution in [-0.2, 0) is 11.2 Å². The normalized spacial score (nSPS) is 10.3. The summed E-state index contributed by atoms with van der Waals surface area (Å²) in [5.41, 5.74) is 2.39. The Labute approximate surface area is 109 Å². The summed E-state index contributed by atoms with van der Waals surface area (Å²) >= 11 is 1.56. The quantitative estimate of drug-likeness (QED) is 0.921. The summed E-state index contributed by atoms with van der Waals surface area (Å²) in [6.07, 6.45) is 0.000113. The van der Waals surface area contributed by atoms with E-state index in [0.29, 0.717) is 5.75 Å². The van der Waals surface area contributed by atoms with Gasteiger partial charge in [0.2, 0.25) is 0 Å². The fourth-order valence-corrected chi connectivity index (χ4v) is 2.34. The molecule has 1 N–H and O–H groups in total. The molecule has 94 valence electrons. The number of thiazole rings is 1. The lowest BCUT2D eigenvalue weighted by Crippen LogP contribution is -2.00. The number of rotatable bonds is 4. The van der Waals surface area contributed by atoms with Gasteiger partial charge in [0.05, 0.1) is 24.2 Å². The van der Waals surface area contributed by atoms with Crippen LogP contribution in [0, 0.1) is 6.92 Å². The molecule has 0 aliphatic heterocycles. The van der Waals surface area contributed by atoms with Crippen LogP contribution in [0.25, 0.3) is 11.3 Å². The number of ether oxygens (including phenoxy) is 1. The Balaban J connectivity index is 2.45. The molecule has 0 unspecified atom stereocenters. The van der Waals surface area contributed by atoms with Crippen molar-refractivity contribution in [2.75, 3.05) is 7.11 Å². The van der Waals surface area contributed by atoms with Gasteiger partial charge in [0.1, 0.15) is 5.75 Å². The average molecular weight is 263 g/mol. The van der Waals surface area contributed by atoms with Crippen LogP contribution in [0.3, 0.4) is 0 Å². The topological polar surface area (TPSA) is 59.4 Å². The van der Waals surface area contributed by atoms with Gasteiger partial charge in [0.25, 0.3) is 0 Å². The highest BCUT2D eigenvalue weighted by atomic mass is 32.1. The lowest BCUT2D eigenvalue weighted by Gasteiger charge is -2.08. The zero-order chi connectivity index (χ0) is 13.1. The van der Waals surface area contributed by atoms with Crippen LogP contribution in [0.15, 0.2) is 23.6 Å². The summed E-state index contributed by atoms with van der Waals surface area (Å²) in [6, 6.07) is 5.36. The summed E-state index contributed by atoms with van der Waals surface area (Å²) in [6.45, 7) is 1.93.